The van der Waals surface area contributed by atoms with Crippen molar-refractivity contribution < 1.29 is 76.1 Å². The topological polar surface area (TPSA) is 52.6 Å². The predicted octanol–water partition coefficient (Wildman–Crippen LogP) is 9.84. The van der Waals surface area contributed by atoms with Gasteiger partial charge in [-0.05, 0) is 56.4 Å². The molecule has 0 heterocycles. The van der Waals surface area contributed by atoms with Crippen molar-refractivity contribution in [1.82, 2.24) is 0 Å². The van der Waals surface area contributed by atoms with Gasteiger partial charge in [0.15, 0.2) is 5.78 Å². The van der Waals surface area contributed by atoms with Gasteiger partial charge < -0.3 is 9.47 Å². The lowest BCUT2D eigenvalue weighted by Gasteiger charge is -2.39. The second-order valence-corrected chi connectivity index (χ2v) is 10.4. The van der Waals surface area contributed by atoms with Crippen LogP contribution in [0.15, 0.2) is 66.8 Å². The van der Waals surface area contributed by atoms with Crippen LogP contribution in [0.2, 0.25) is 0 Å². The number of ketones is 1. The summed E-state index contributed by atoms with van der Waals surface area (Å²) in [5.41, 5.74) is -1.93. The second kappa shape index (κ2) is 15.0. The molecule has 17 heteroatoms. The van der Waals surface area contributed by atoms with Crippen molar-refractivity contribution in [2.24, 2.45) is 0 Å². The number of halogens is 13. The molecule has 0 aliphatic heterocycles. The van der Waals surface area contributed by atoms with E-state index in [-0.39, 0.29) is 18.7 Å². The highest BCUT2D eigenvalue weighted by Crippen LogP contribution is 2.62. The average Bonchev–Trinajstić information content (AvgIpc) is 3.00. The Morgan fingerprint density at radius 1 is 0.667 bits per heavy atom. The third-order valence-electron chi connectivity index (χ3n) is 6.66. The highest BCUT2D eigenvalue weighted by Gasteiger charge is 2.90. The van der Waals surface area contributed by atoms with Crippen LogP contribution < -0.4 is 4.74 Å². The number of carbonyl (C=O) groups is 2. The molecule has 2 rings (SSSR count). The lowest BCUT2D eigenvalue weighted by Crippen LogP contribution is -2.69. The molecule has 0 radical (unpaired) electrons. The molecule has 0 amide bonds. The normalized spacial score (nSPS) is 13.5. The van der Waals surface area contributed by atoms with Crippen LogP contribution in [0.1, 0.15) is 54.1 Å². The Labute approximate surface area is 265 Å². The van der Waals surface area contributed by atoms with Gasteiger partial charge in [-0.2, -0.15) is 57.1 Å². The summed E-state index contributed by atoms with van der Waals surface area (Å²) in [5, 5.41) is 0. The maximum absolute atomic E-state index is 14.4. The zero-order valence-corrected chi connectivity index (χ0v) is 24.8. The Kier molecular flexibility index (Phi) is 12.6. The average molecular weight is 711 g/mol. The molecular formula is C31H27F13O4. The highest BCUT2D eigenvalue weighted by molar-refractivity contribution is 6.06. The van der Waals surface area contributed by atoms with E-state index in [9.17, 15) is 66.7 Å². The third kappa shape index (κ3) is 8.50. The molecule has 0 aliphatic rings. The molecule has 2 aromatic rings. The maximum atomic E-state index is 14.4. The summed E-state index contributed by atoms with van der Waals surface area (Å²) in [6.45, 7) is 5.67. The summed E-state index contributed by atoms with van der Waals surface area (Å²) in [4.78, 5) is 23.7. The fourth-order valence-electron chi connectivity index (χ4n) is 3.77. The van der Waals surface area contributed by atoms with Gasteiger partial charge in [0.1, 0.15) is 5.75 Å². The van der Waals surface area contributed by atoms with Gasteiger partial charge in [0.25, 0.3) is 0 Å². The molecular weight excluding hydrogens is 683 g/mol. The molecule has 0 N–H and O–H groups in total. The van der Waals surface area contributed by atoms with E-state index in [4.69, 9.17) is 9.47 Å². The lowest BCUT2D eigenvalue weighted by molar-refractivity contribution is -0.441. The Morgan fingerprint density at radius 2 is 1.17 bits per heavy atom. The first-order chi connectivity index (χ1) is 21.9. The molecule has 0 aromatic heterocycles. The molecule has 2 aromatic carbocycles. The van der Waals surface area contributed by atoms with Gasteiger partial charge in [-0.1, -0.05) is 49.1 Å². The largest absolute Gasteiger partial charge is 0.494 e. The number of ether oxygens (including phenoxy) is 2. The fourth-order valence-corrected chi connectivity index (χ4v) is 3.77. The van der Waals surface area contributed by atoms with Crippen LogP contribution in [0.25, 0.3) is 6.08 Å². The minimum Gasteiger partial charge on any atom is -0.494 e. The predicted molar refractivity (Wildman–Crippen MR) is 146 cm³/mol. The van der Waals surface area contributed by atoms with E-state index in [2.05, 4.69) is 6.58 Å². The van der Waals surface area contributed by atoms with Gasteiger partial charge in [-0.25, -0.2) is 4.79 Å². The van der Waals surface area contributed by atoms with Crippen molar-refractivity contribution in [2.75, 3.05) is 13.2 Å². The minimum absolute atomic E-state index is 0.0737. The van der Waals surface area contributed by atoms with Gasteiger partial charge in [0.2, 0.25) is 0 Å². The van der Waals surface area contributed by atoms with Gasteiger partial charge >= 0.3 is 41.8 Å². The quantitative estimate of drug-likeness (QED) is 0.0540. The first kappa shape index (κ1) is 40.1. The molecule has 0 unspecified atom stereocenters. The number of esters is 1. The first-order valence-electron chi connectivity index (χ1n) is 13.8. The van der Waals surface area contributed by atoms with E-state index in [1.165, 1.54) is 18.2 Å². The summed E-state index contributed by atoms with van der Waals surface area (Å²) in [6.07, 6.45) is -2.38. The number of rotatable bonds is 17. The number of benzene rings is 2. The summed E-state index contributed by atoms with van der Waals surface area (Å²) in [7, 11) is 0. The third-order valence-corrected chi connectivity index (χ3v) is 6.66. The Balaban J connectivity index is 2.00. The molecule has 266 valence electrons. The monoisotopic (exact) mass is 710 g/mol. The summed E-state index contributed by atoms with van der Waals surface area (Å²) in [6, 6.07) is 6.82. The van der Waals surface area contributed by atoms with Crippen LogP contribution in [-0.4, -0.2) is 54.8 Å². The standard InChI is InChI=1S/C31H27F13O4/c1-19(2)25(46)48-18-6-4-3-5-17-47-23-14-7-20(8-15-23)9-16-24(45)21-10-12-22(13-11-21)26(32,33)27(34,35)28(36,37)29(38,39)30(40,41)31(42,43)44/h7-16H,1,3-6,17-18H2,2H3/b16-9+. The van der Waals surface area contributed by atoms with E-state index in [1.807, 2.05) is 0 Å². The number of carbonyl (C=O) groups excluding carboxylic acids is 2. The van der Waals surface area contributed by atoms with Gasteiger partial charge in [0, 0.05) is 16.7 Å². The number of alkyl halides is 13. The number of unbranched alkanes of at least 4 members (excludes halogenated alkanes) is 3. The molecule has 0 saturated carbocycles. The second-order valence-electron chi connectivity index (χ2n) is 10.4. The summed E-state index contributed by atoms with van der Waals surface area (Å²) >= 11 is 0. The zero-order valence-electron chi connectivity index (χ0n) is 24.8. The van der Waals surface area contributed by atoms with E-state index >= 15 is 0 Å². The molecule has 0 fully saturated rings. The van der Waals surface area contributed by atoms with Crippen LogP contribution >= 0.6 is 0 Å². The van der Waals surface area contributed by atoms with Crippen LogP contribution in [0.3, 0.4) is 0 Å². The molecule has 0 saturated heterocycles. The van der Waals surface area contributed by atoms with Crippen molar-refractivity contribution in [1.29, 1.82) is 0 Å². The Morgan fingerprint density at radius 3 is 1.67 bits per heavy atom. The summed E-state index contributed by atoms with van der Waals surface area (Å²) in [5.74, 6) is -38.5. The zero-order chi connectivity index (χ0) is 36.8. The van der Waals surface area contributed by atoms with Crippen LogP contribution in [0.5, 0.6) is 5.75 Å². The molecule has 0 bridgehead atoms. The van der Waals surface area contributed by atoms with Crippen molar-refractivity contribution >= 4 is 17.8 Å². The van der Waals surface area contributed by atoms with Crippen LogP contribution in [-0.2, 0) is 15.5 Å². The Hall–Kier alpha value is -4.05. The fraction of sp³-hybridized carbons (Fsp3) is 0.419. The van der Waals surface area contributed by atoms with Crippen molar-refractivity contribution in [3.8, 4) is 5.75 Å². The molecule has 0 spiro atoms. The van der Waals surface area contributed by atoms with Gasteiger partial charge in [-0.15, -0.1) is 0 Å². The van der Waals surface area contributed by atoms with Crippen LogP contribution in [0, 0.1) is 0 Å². The SMILES string of the molecule is C=C(C)C(=O)OCCCCCCOc1ccc(/C=C/C(=O)c2ccc(C(F)(F)C(F)(F)C(F)(F)C(F)(F)C(F)(F)C(F)(F)F)cc2)cc1. The molecule has 0 atom stereocenters. The molecule has 48 heavy (non-hydrogen) atoms. The lowest BCUT2D eigenvalue weighted by atomic mass is 9.90. The maximum Gasteiger partial charge on any atom is 0.460 e. The minimum atomic E-state index is -8.00. The number of hydrogen-bond donors (Lipinski definition) is 0. The van der Waals surface area contributed by atoms with E-state index in [0.29, 0.717) is 48.5 Å². The van der Waals surface area contributed by atoms with E-state index in [1.54, 1.807) is 19.1 Å². The Bertz CT molecular complexity index is 1450. The van der Waals surface area contributed by atoms with Gasteiger partial charge in [0.05, 0.1) is 13.2 Å². The van der Waals surface area contributed by atoms with Crippen molar-refractivity contribution in [2.45, 2.75) is 68.4 Å². The number of hydrogen-bond acceptors (Lipinski definition) is 4. The molecule has 4 nitrogen and oxygen atoms in total. The van der Waals surface area contributed by atoms with E-state index < -0.39 is 58.7 Å². The van der Waals surface area contributed by atoms with Gasteiger partial charge in [-0.3, -0.25) is 4.79 Å². The molecule has 0 aliphatic carbocycles. The van der Waals surface area contributed by atoms with Crippen LogP contribution in [0.4, 0.5) is 57.1 Å². The first-order valence-corrected chi connectivity index (χ1v) is 13.8. The van der Waals surface area contributed by atoms with Crippen molar-refractivity contribution in [3.05, 3.63) is 83.4 Å². The van der Waals surface area contributed by atoms with E-state index in [0.717, 1.165) is 18.9 Å². The smallest absolute Gasteiger partial charge is 0.460 e. The summed E-state index contributed by atoms with van der Waals surface area (Å²) < 4.78 is 185. The highest BCUT2D eigenvalue weighted by atomic mass is 19.4. The number of allylic oxidation sites excluding steroid dienone is 1. The van der Waals surface area contributed by atoms with Crippen molar-refractivity contribution in [3.63, 3.8) is 0 Å².